The van der Waals surface area contributed by atoms with E-state index in [9.17, 15) is 4.79 Å². The Bertz CT molecular complexity index is 873. The summed E-state index contributed by atoms with van der Waals surface area (Å²) in [6.45, 7) is 2.72. The SMILES string of the molecule is CC1Oc2ccccc2OC1C(=O)N1CC(Oc2cc(C#N)ccn2)C1. The predicted octanol–water partition coefficient (Wildman–Crippen LogP) is 1.77. The van der Waals surface area contributed by atoms with Crippen molar-refractivity contribution in [3.8, 4) is 23.4 Å². The maximum Gasteiger partial charge on any atom is 0.267 e. The van der Waals surface area contributed by atoms with Crippen LogP contribution >= 0.6 is 0 Å². The number of nitrogens with zero attached hydrogens (tertiary/aromatic N) is 3. The second-order valence-electron chi connectivity index (χ2n) is 6.29. The van der Waals surface area contributed by atoms with Crippen LogP contribution in [0.2, 0.25) is 0 Å². The van der Waals surface area contributed by atoms with Gasteiger partial charge in [0.15, 0.2) is 11.5 Å². The number of aromatic nitrogens is 1. The Morgan fingerprint density at radius 2 is 2.00 bits per heavy atom. The van der Waals surface area contributed by atoms with Gasteiger partial charge in [0.25, 0.3) is 5.91 Å². The first kappa shape index (κ1) is 16.2. The van der Waals surface area contributed by atoms with Crippen molar-refractivity contribution in [1.29, 1.82) is 5.26 Å². The third kappa shape index (κ3) is 3.02. The molecular formula is C19H17N3O4. The zero-order valence-electron chi connectivity index (χ0n) is 14.2. The van der Waals surface area contributed by atoms with Crippen LogP contribution in [0.25, 0.3) is 0 Å². The van der Waals surface area contributed by atoms with Crippen molar-refractivity contribution in [2.24, 2.45) is 0 Å². The Kier molecular flexibility index (Phi) is 4.09. The van der Waals surface area contributed by atoms with Crippen LogP contribution in [0, 0.1) is 11.3 Å². The molecule has 1 saturated heterocycles. The highest BCUT2D eigenvalue weighted by atomic mass is 16.6. The van der Waals surface area contributed by atoms with Crippen LogP contribution in [-0.2, 0) is 4.79 Å². The third-order valence-corrected chi connectivity index (χ3v) is 4.40. The van der Waals surface area contributed by atoms with Crippen molar-refractivity contribution >= 4 is 5.91 Å². The van der Waals surface area contributed by atoms with Crippen LogP contribution in [0.1, 0.15) is 12.5 Å². The molecule has 2 aromatic rings. The summed E-state index contributed by atoms with van der Waals surface area (Å²) in [7, 11) is 0. The minimum Gasteiger partial charge on any atom is -0.482 e. The minimum atomic E-state index is -0.675. The van der Waals surface area contributed by atoms with E-state index in [1.807, 2.05) is 31.2 Å². The van der Waals surface area contributed by atoms with E-state index in [2.05, 4.69) is 4.98 Å². The molecule has 1 aromatic carbocycles. The van der Waals surface area contributed by atoms with Gasteiger partial charge in [-0.25, -0.2) is 4.98 Å². The highest BCUT2D eigenvalue weighted by Crippen LogP contribution is 2.34. The average Bonchev–Trinajstić information content (AvgIpc) is 2.63. The van der Waals surface area contributed by atoms with Gasteiger partial charge in [-0.2, -0.15) is 5.26 Å². The van der Waals surface area contributed by atoms with E-state index in [1.165, 1.54) is 6.20 Å². The molecule has 7 nitrogen and oxygen atoms in total. The quantitative estimate of drug-likeness (QED) is 0.838. The van der Waals surface area contributed by atoms with Crippen molar-refractivity contribution < 1.29 is 19.0 Å². The molecule has 2 aliphatic heterocycles. The molecule has 132 valence electrons. The van der Waals surface area contributed by atoms with Gasteiger partial charge in [-0.3, -0.25) is 4.79 Å². The fourth-order valence-corrected chi connectivity index (χ4v) is 2.98. The average molecular weight is 351 g/mol. The second kappa shape index (κ2) is 6.56. The van der Waals surface area contributed by atoms with Crippen LogP contribution in [-0.4, -0.2) is 47.2 Å². The van der Waals surface area contributed by atoms with E-state index in [-0.39, 0.29) is 18.1 Å². The highest BCUT2D eigenvalue weighted by Gasteiger charge is 2.42. The van der Waals surface area contributed by atoms with E-state index < -0.39 is 6.10 Å². The number of ether oxygens (including phenoxy) is 3. The molecule has 0 N–H and O–H groups in total. The van der Waals surface area contributed by atoms with E-state index in [4.69, 9.17) is 19.5 Å². The van der Waals surface area contributed by atoms with Gasteiger partial charge in [0.1, 0.15) is 12.2 Å². The molecule has 0 bridgehead atoms. The summed E-state index contributed by atoms with van der Waals surface area (Å²) in [6.07, 6.45) is 0.340. The van der Waals surface area contributed by atoms with Gasteiger partial charge >= 0.3 is 0 Å². The van der Waals surface area contributed by atoms with Gasteiger partial charge in [-0.05, 0) is 25.1 Å². The summed E-state index contributed by atoms with van der Waals surface area (Å²) >= 11 is 0. The summed E-state index contributed by atoms with van der Waals surface area (Å²) in [6, 6.07) is 12.6. The molecule has 7 heteroatoms. The van der Waals surface area contributed by atoms with E-state index in [1.54, 1.807) is 23.1 Å². The number of amides is 1. The minimum absolute atomic E-state index is 0.120. The Labute approximate surface area is 150 Å². The predicted molar refractivity (Wildman–Crippen MR) is 90.9 cm³/mol. The molecule has 1 amide bonds. The lowest BCUT2D eigenvalue weighted by Gasteiger charge is -2.42. The van der Waals surface area contributed by atoms with E-state index in [0.717, 1.165) is 0 Å². The molecule has 0 aliphatic carbocycles. The summed E-state index contributed by atoms with van der Waals surface area (Å²) in [5, 5.41) is 8.91. The van der Waals surface area contributed by atoms with Gasteiger partial charge in [-0.15, -0.1) is 0 Å². The number of hydrogen-bond donors (Lipinski definition) is 0. The fourth-order valence-electron chi connectivity index (χ4n) is 2.98. The summed E-state index contributed by atoms with van der Waals surface area (Å²) in [4.78, 5) is 18.5. The third-order valence-electron chi connectivity index (χ3n) is 4.40. The maximum absolute atomic E-state index is 12.7. The number of benzene rings is 1. The largest absolute Gasteiger partial charge is 0.482 e. The molecule has 0 spiro atoms. The zero-order valence-corrected chi connectivity index (χ0v) is 14.2. The van der Waals surface area contributed by atoms with Crippen LogP contribution in [0.15, 0.2) is 42.6 Å². The molecule has 2 unspecified atom stereocenters. The molecule has 2 aliphatic rings. The van der Waals surface area contributed by atoms with Gasteiger partial charge < -0.3 is 19.1 Å². The molecule has 1 fully saturated rings. The maximum atomic E-state index is 12.7. The number of carbonyl (C=O) groups is 1. The lowest BCUT2D eigenvalue weighted by atomic mass is 10.1. The van der Waals surface area contributed by atoms with Crippen molar-refractivity contribution in [3.63, 3.8) is 0 Å². The first-order valence-corrected chi connectivity index (χ1v) is 8.38. The number of carbonyl (C=O) groups excluding carboxylic acids is 1. The summed E-state index contributed by atoms with van der Waals surface area (Å²) in [5.74, 6) is 1.50. The normalized spacial score (nSPS) is 21.5. The molecule has 26 heavy (non-hydrogen) atoms. The van der Waals surface area contributed by atoms with Gasteiger partial charge in [0.05, 0.1) is 24.7 Å². The monoisotopic (exact) mass is 351 g/mol. The molecule has 0 saturated carbocycles. The number of para-hydroxylation sites is 2. The number of nitriles is 1. The number of pyridine rings is 1. The van der Waals surface area contributed by atoms with Gasteiger partial charge in [0, 0.05) is 12.3 Å². The zero-order chi connectivity index (χ0) is 18.1. The molecule has 3 heterocycles. The Hall–Kier alpha value is -3.27. The van der Waals surface area contributed by atoms with Crippen LogP contribution in [0.3, 0.4) is 0 Å². The Morgan fingerprint density at radius 1 is 1.27 bits per heavy atom. The van der Waals surface area contributed by atoms with Crippen LogP contribution in [0.5, 0.6) is 17.4 Å². The van der Waals surface area contributed by atoms with Crippen molar-refractivity contribution in [3.05, 3.63) is 48.2 Å². The first-order chi connectivity index (χ1) is 12.6. The summed E-state index contributed by atoms with van der Waals surface area (Å²) < 4.78 is 17.3. The molecule has 1 aromatic heterocycles. The topological polar surface area (TPSA) is 84.7 Å². The molecular weight excluding hydrogens is 334 g/mol. The number of fused-ring (bicyclic) bond motifs is 1. The molecule has 4 rings (SSSR count). The smallest absolute Gasteiger partial charge is 0.267 e. The van der Waals surface area contributed by atoms with Crippen LogP contribution in [0.4, 0.5) is 0 Å². The fraction of sp³-hybridized carbons (Fsp3) is 0.316. The first-order valence-electron chi connectivity index (χ1n) is 8.38. The standard InChI is InChI=1S/C19H17N3O4/c1-12-18(26-16-5-3-2-4-15(16)24-12)19(23)22-10-14(11-22)25-17-8-13(9-20)6-7-21-17/h2-8,12,14,18H,10-11H2,1H3. The molecule has 0 radical (unpaired) electrons. The number of rotatable bonds is 3. The molecule has 2 atom stereocenters. The lowest BCUT2D eigenvalue weighted by molar-refractivity contribution is -0.153. The summed E-state index contributed by atoms with van der Waals surface area (Å²) in [5.41, 5.74) is 0.488. The van der Waals surface area contributed by atoms with E-state index in [0.29, 0.717) is 36.0 Å². The van der Waals surface area contributed by atoms with Gasteiger partial charge in [-0.1, -0.05) is 12.1 Å². The highest BCUT2D eigenvalue weighted by molar-refractivity contribution is 5.83. The van der Waals surface area contributed by atoms with Gasteiger partial charge in [0.2, 0.25) is 12.0 Å². The van der Waals surface area contributed by atoms with Crippen molar-refractivity contribution in [1.82, 2.24) is 9.88 Å². The number of hydrogen-bond acceptors (Lipinski definition) is 6. The van der Waals surface area contributed by atoms with Crippen molar-refractivity contribution in [2.45, 2.75) is 25.2 Å². The Balaban J connectivity index is 1.35. The van der Waals surface area contributed by atoms with Crippen LogP contribution < -0.4 is 14.2 Å². The second-order valence-corrected chi connectivity index (χ2v) is 6.29. The Morgan fingerprint density at radius 3 is 2.73 bits per heavy atom. The van der Waals surface area contributed by atoms with E-state index >= 15 is 0 Å². The number of likely N-dealkylation sites (tertiary alicyclic amines) is 1. The lowest BCUT2D eigenvalue weighted by Crippen LogP contribution is -2.61. The van der Waals surface area contributed by atoms with Crippen molar-refractivity contribution in [2.75, 3.05) is 13.1 Å².